The molecule has 6 heteroatoms. The molecule has 0 aliphatic carbocycles. The van der Waals surface area contributed by atoms with Gasteiger partial charge in [0.2, 0.25) is 0 Å². The third-order valence-electron chi connectivity index (χ3n) is 4.41. The summed E-state index contributed by atoms with van der Waals surface area (Å²) in [5.74, 6) is 1.67. The third kappa shape index (κ3) is 3.33. The summed E-state index contributed by atoms with van der Waals surface area (Å²) in [6.45, 7) is 3.50. The van der Waals surface area contributed by atoms with E-state index in [1.807, 2.05) is 47.3 Å². The SMILES string of the molecule is CCNc1nccc2c1c(-c1ccccn1)nn2Cc1ccc(OC)cc1. The Kier molecular flexibility index (Phi) is 4.70. The predicted molar refractivity (Wildman–Crippen MR) is 107 cm³/mol. The number of benzene rings is 1. The van der Waals surface area contributed by atoms with Gasteiger partial charge in [-0.3, -0.25) is 9.67 Å². The lowest BCUT2D eigenvalue weighted by Crippen LogP contribution is -2.02. The molecule has 6 nitrogen and oxygen atoms in total. The van der Waals surface area contributed by atoms with Crippen LogP contribution >= 0.6 is 0 Å². The second kappa shape index (κ2) is 7.45. The summed E-state index contributed by atoms with van der Waals surface area (Å²) in [5, 5.41) is 9.22. The van der Waals surface area contributed by atoms with E-state index in [-0.39, 0.29) is 0 Å². The second-order valence-electron chi connectivity index (χ2n) is 6.15. The summed E-state index contributed by atoms with van der Waals surface area (Å²) >= 11 is 0. The highest BCUT2D eigenvalue weighted by Gasteiger charge is 2.17. The highest BCUT2D eigenvalue weighted by atomic mass is 16.5. The first-order chi connectivity index (χ1) is 13.3. The highest BCUT2D eigenvalue weighted by molar-refractivity contribution is 6.00. The number of pyridine rings is 2. The number of fused-ring (bicyclic) bond motifs is 1. The number of nitrogens with one attached hydrogen (secondary N) is 1. The van der Waals surface area contributed by atoms with Gasteiger partial charge < -0.3 is 10.1 Å². The quantitative estimate of drug-likeness (QED) is 0.564. The van der Waals surface area contributed by atoms with Crippen LogP contribution in [0.25, 0.3) is 22.3 Å². The minimum atomic E-state index is 0.656. The van der Waals surface area contributed by atoms with Crippen molar-refractivity contribution in [3.63, 3.8) is 0 Å². The zero-order valence-corrected chi connectivity index (χ0v) is 15.4. The monoisotopic (exact) mass is 359 g/mol. The van der Waals surface area contributed by atoms with Gasteiger partial charge in [0.1, 0.15) is 17.3 Å². The van der Waals surface area contributed by atoms with Crippen LogP contribution < -0.4 is 10.1 Å². The van der Waals surface area contributed by atoms with Crippen LogP contribution in [0.5, 0.6) is 5.75 Å². The Morgan fingerprint density at radius 2 is 1.85 bits per heavy atom. The van der Waals surface area contributed by atoms with Crippen molar-refractivity contribution in [1.29, 1.82) is 0 Å². The molecule has 27 heavy (non-hydrogen) atoms. The van der Waals surface area contributed by atoms with E-state index in [1.54, 1.807) is 13.3 Å². The molecule has 0 aliphatic heterocycles. The van der Waals surface area contributed by atoms with E-state index in [2.05, 4.69) is 34.3 Å². The number of nitrogens with zero attached hydrogens (tertiary/aromatic N) is 4. The summed E-state index contributed by atoms with van der Waals surface area (Å²) in [5.41, 5.74) is 3.85. The van der Waals surface area contributed by atoms with E-state index in [0.717, 1.165) is 46.0 Å². The van der Waals surface area contributed by atoms with E-state index in [0.29, 0.717) is 6.54 Å². The number of anilines is 1. The smallest absolute Gasteiger partial charge is 0.137 e. The van der Waals surface area contributed by atoms with E-state index in [1.165, 1.54) is 0 Å². The van der Waals surface area contributed by atoms with Crippen LogP contribution in [0, 0.1) is 0 Å². The first kappa shape index (κ1) is 17.0. The lowest BCUT2D eigenvalue weighted by Gasteiger charge is -2.07. The number of hydrogen-bond acceptors (Lipinski definition) is 5. The van der Waals surface area contributed by atoms with Crippen molar-refractivity contribution >= 4 is 16.7 Å². The summed E-state index contributed by atoms with van der Waals surface area (Å²) in [4.78, 5) is 9.01. The lowest BCUT2D eigenvalue weighted by molar-refractivity contribution is 0.414. The Bertz CT molecular complexity index is 1040. The van der Waals surface area contributed by atoms with Gasteiger partial charge in [0.05, 0.1) is 30.3 Å². The van der Waals surface area contributed by atoms with Crippen LogP contribution in [0.2, 0.25) is 0 Å². The first-order valence-corrected chi connectivity index (χ1v) is 8.94. The Labute approximate surface area is 157 Å². The number of ether oxygens (including phenoxy) is 1. The molecule has 1 aromatic carbocycles. The fourth-order valence-corrected chi connectivity index (χ4v) is 3.13. The minimum Gasteiger partial charge on any atom is -0.497 e. The molecule has 0 bridgehead atoms. The van der Waals surface area contributed by atoms with Gasteiger partial charge in [0.25, 0.3) is 0 Å². The largest absolute Gasteiger partial charge is 0.497 e. The molecule has 0 spiro atoms. The Morgan fingerprint density at radius 3 is 2.56 bits per heavy atom. The topological polar surface area (TPSA) is 64.9 Å². The third-order valence-corrected chi connectivity index (χ3v) is 4.41. The molecule has 0 saturated carbocycles. The molecule has 0 aliphatic rings. The van der Waals surface area contributed by atoms with Crippen LogP contribution in [0.15, 0.2) is 60.9 Å². The summed E-state index contributed by atoms with van der Waals surface area (Å²) in [7, 11) is 1.67. The van der Waals surface area contributed by atoms with Crippen molar-refractivity contribution in [2.45, 2.75) is 13.5 Å². The molecule has 3 heterocycles. The standard InChI is InChI=1S/C21H21N5O/c1-3-22-21-19-18(11-13-24-21)26(14-15-7-9-16(27-2)10-8-15)25-20(19)17-6-4-5-12-23-17/h4-13H,3,14H2,1-2H3,(H,22,24). The minimum absolute atomic E-state index is 0.656. The maximum Gasteiger partial charge on any atom is 0.137 e. The molecule has 4 aromatic rings. The molecule has 0 amide bonds. The highest BCUT2D eigenvalue weighted by Crippen LogP contribution is 2.31. The fourth-order valence-electron chi connectivity index (χ4n) is 3.13. The van der Waals surface area contributed by atoms with Crippen LogP contribution in [0.3, 0.4) is 0 Å². The zero-order chi connectivity index (χ0) is 18.6. The number of rotatable bonds is 6. The number of aromatic nitrogens is 4. The first-order valence-electron chi connectivity index (χ1n) is 8.94. The maximum atomic E-state index is 5.25. The normalized spacial score (nSPS) is 10.9. The van der Waals surface area contributed by atoms with Gasteiger partial charge in [0, 0.05) is 18.9 Å². The van der Waals surface area contributed by atoms with Crippen molar-refractivity contribution in [3.8, 4) is 17.1 Å². The van der Waals surface area contributed by atoms with Gasteiger partial charge in [-0.25, -0.2) is 4.98 Å². The fraction of sp³-hybridized carbons (Fsp3) is 0.190. The zero-order valence-electron chi connectivity index (χ0n) is 15.4. The van der Waals surface area contributed by atoms with Crippen molar-refractivity contribution < 1.29 is 4.74 Å². The van der Waals surface area contributed by atoms with Crippen LogP contribution in [0.4, 0.5) is 5.82 Å². The lowest BCUT2D eigenvalue weighted by atomic mass is 10.1. The molecule has 0 radical (unpaired) electrons. The van der Waals surface area contributed by atoms with Gasteiger partial charge in [-0.15, -0.1) is 0 Å². The van der Waals surface area contributed by atoms with E-state index in [9.17, 15) is 0 Å². The Hall–Kier alpha value is -3.41. The van der Waals surface area contributed by atoms with Gasteiger partial charge in [-0.05, 0) is 42.8 Å². The summed E-state index contributed by atoms with van der Waals surface area (Å²) in [6.07, 6.45) is 3.60. The van der Waals surface area contributed by atoms with Crippen molar-refractivity contribution in [2.75, 3.05) is 19.0 Å². The van der Waals surface area contributed by atoms with Crippen molar-refractivity contribution in [1.82, 2.24) is 19.7 Å². The van der Waals surface area contributed by atoms with Crippen LogP contribution in [0.1, 0.15) is 12.5 Å². The molecule has 0 saturated heterocycles. The van der Waals surface area contributed by atoms with E-state index < -0.39 is 0 Å². The number of methoxy groups -OCH3 is 1. The summed E-state index contributed by atoms with van der Waals surface area (Å²) in [6, 6.07) is 15.9. The molecular weight excluding hydrogens is 338 g/mol. The molecule has 0 atom stereocenters. The van der Waals surface area contributed by atoms with Crippen molar-refractivity contribution in [3.05, 3.63) is 66.5 Å². The maximum absolute atomic E-state index is 5.25. The number of hydrogen-bond donors (Lipinski definition) is 1. The summed E-state index contributed by atoms with van der Waals surface area (Å²) < 4.78 is 7.25. The van der Waals surface area contributed by atoms with Gasteiger partial charge in [-0.2, -0.15) is 5.10 Å². The predicted octanol–water partition coefficient (Wildman–Crippen LogP) is 3.98. The molecule has 3 aromatic heterocycles. The molecule has 1 N–H and O–H groups in total. The van der Waals surface area contributed by atoms with E-state index in [4.69, 9.17) is 9.84 Å². The Morgan fingerprint density at radius 1 is 1.00 bits per heavy atom. The van der Waals surface area contributed by atoms with Crippen LogP contribution in [-0.4, -0.2) is 33.4 Å². The van der Waals surface area contributed by atoms with Gasteiger partial charge in [-0.1, -0.05) is 18.2 Å². The Balaban J connectivity index is 1.84. The van der Waals surface area contributed by atoms with E-state index >= 15 is 0 Å². The molecule has 0 fully saturated rings. The molecule has 4 rings (SSSR count). The average Bonchev–Trinajstić information content (AvgIpc) is 3.09. The van der Waals surface area contributed by atoms with Crippen LogP contribution in [-0.2, 0) is 6.54 Å². The second-order valence-corrected chi connectivity index (χ2v) is 6.15. The van der Waals surface area contributed by atoms with Gasteiger partial charge in [0.15, 0.2) is 0 Å². The van der Waals surface area contributed by atoms with Gasteiger partial charge >= 0.3 is 0 Å². The molecule has 136 valence electrons. The molecule has 0 unspecified atom stereocenters. The average molecular weight is 359 g/mol. The molecular formula is C21H21N5O. The van der Waals surface area contributed by atoms with Crippen molar-refractivity contribution in [2.24, 2.45) is 0 Å².